The predicted molar refractivity (Wildman–Crippen MR) is 119 cm³/mol. The number of piperidine rings is 2. The third kappa shape index (κ3) is 2.47. The fraction of sp³-hybridized carbons (Fsp3) is 0.652. The van der Waals surface area contributed by atoms with Gasteiger partial charge in [-0.15, -0.1) is 0 Å². The third-order valence-corrected chi connectivity index (χ3v) is 9.14. The van der Waals surface area contributed by atoms with E-state index < -0.39 is 16.6 Å². The summed E-state index contributed by atoms with van der Waals surface area (Å²) in [6, 6.07) is 6.86. The van der Waals surface area contributed by atoms with Gasteiger partial charge >= 0.3 is 0 Å². The fourth-order valence-corrected chi connectivity index (χ4v) is 7.26. The van der Waals surface area contributed by atoms with Crippen LogP contribution in [-0.2, 0) is 11.8 Å². The van der Waals surface area contributed by atoms with Crippen LogP contribution in [0.5, 0.6) is 0 Å². The highest BCUT2D eigenvalue weighted by Crippen LogP contribution is 2.56. The number of halogens is 1. The van der Waals surface area contributed by atoms with Crippen LogP contribution in [0.15, 0.2) is 22.7 Å². The van der Waals surface area contributed by atoms with E-state index in [1.165, 1.54) is 10.9 Å². The molecule has 2 fully saturated rings. The van der Waals surface area contributed by atoms with Gasteiger partial charge in [0.15, 0.2) is 0 Å². The molecule has 0 spiro atoms. The summed E-state index contributed by atoms with van der Waals surface area (Å²) in [6.07, 6.45) is 2.73. The summed E-state index contributed by atoms with van der Waals surface area (Å²) in [6.45, 7) is 7.37. The molecule has 5 nitrogen and oxygen atoms in total. The van der Waals surface area contributed by atoms with Crippen LogP contribution in [0, 0.1) is 0 Å². The first-order valence-corrected chi connectivity index (χ1v) is 11.6. The maximum absolute atomic E-state index is 12.4. The number of para-hydroxylation sites is 1. The number of nitrogens with one attached hydrogen (secondary N) is 2. The largest absolute Gasteiger partial charge is 0.393 e. The topological polar surface area (TPSA) is 71.5 Å². The second kappa shape index (κ2) is 6.30. The summed E-state index contributed by atoms with van der Waals surface area (Å²) in [5, 5.41) is 27.7. The van der Waals surface area contributed by atoms with Gasteiger partial charge in [0.1, 0.15) is 0 Å². The number of aromatic nitrogens is 1. The Labute approximate surface area is 181 Å². The Kier molecular flexibility index (Phi) is 4.35. The minimum atomic E-state index is -0.924. The van der Waals surface area contributed by atoms with Gasteiger partial charge in [0.05, 0.1) is 22.8 Å². The van der Waals surface area contributed by atoms with E-state index in [0.717, 1.165) is 41.5 Å². The van der Waals surface area contributed by atoms with Crippen LogP contribution in [0.2, 0.25) is 0 Å². The zero-order chi connectivity index (χ0) is 20.8. The summed E-state index contributed by atoms with van der Waals surface area (Å²) in [7, 11) is 2.00. The lowest BCUT2D eigenvalue weighted by atomic mass is 9.52. The Hall–Kier alpha value is -0.920. The molecule has 0 saturated carbocycles. The zero-order valence-electron chi connectivity index (χ0n) is 17.7. The first-order chi connectivity index (χ1) is 13.6. The highest BCUT2D eigenvalue weighted by molar-refractivity contribution is 9.10. The average Bonchev–Trinajstić information content (AvgIpc) is 3.03. The van der Waals surface area contributed by atoms with Crippen LogP contribution >= 0.6 is 15.9 Å². The smallest absolute Gasteiger partial charge is 0.0963 e. The molecule has 1 aromatic carbocycles. The molecule has 158 valence electrons. The highest BCUT2D eigenvalue weighted by Gasteiger charge is 2.66. The maximum Gasteiger partial charge on any atom is 0.0963 e. The van der Waals surface area contributed by atoms with Gasteiger partial charge in [-0.3, -0.25) is 4.90 Å². The average molecular weight is 462 g/mol. The van der Waals surface area contributed by atoms with Crippen LogP contribution in [0.4, 0.5) is 0 Å². The normalized spacial score (nSPS) is 39.1. The van der Waals surface area contributed by atoms with Gasteiger partial charge in [0, 0.05) is 39.6 Å². The quantitative estimate of drug-likeness (QED) is 0.526. The van der Waals surface area contributed by atoms with E-state index in [9.17, 15) is 10.2 Å². The second-order valence-corrected chi connectivity index (χ2v) is 11.0. The second-order valence-electron chi connectivity index (χ2n) is 10.1. The molecule has 5 atom stereocenters. The number of hydrogen-bond donors (Lipinski definition) is 4. The van der Waals surface area contributed by atoms with Gasteiger partial charge in [0.25, 0.3) is 0 Å². The number of rotatable bonds is 1. The van der Waals surface area contributed by atoms with Crippen molar-refractivity contribution in [1.82, 2.24) is 15.2 Å². The van der Waals surface area contributed by atoms with Gasteiger partial charge in [-0.2, -0.15) is 0 Å². The molecule has 3 aliphatic rings. The number of benzene rings is 1. The van der Waals surface area contributed by atoms with Crippen molar-refractivity contribution in [2.24, 2.45) is 0 Å². The lowest BCUT2D eigenvalue weighted by Crippen LogP contribution is -2.81. The lowest BCUT2D eigenvalue weighted by molar-refractivity contribution is -0.184. The zero-order valence-corrected chi connectivity index (χ0v) is 19.3. The van der Waals surface area contributed by atoms with Crippen LogP contribution in [0.25, 0.3) is 10.9 Å². The molecule has 5 rings (SSSR count). The van der Waals surface area contributed by atoms with Crippen molar-refractivity contribution in [3.8, 4) is 0 Å². The SMILES string of the molecule is CN[C@@]12Cc3c([nH]c4c(Br)cccc34)C(C)(C)[C@@]1(O)C[C@H]1C[C@H](O)C[C@H](C)N1C2. The molecule has 0 amide bonds. The van der Waals surface area contributed by atoms with Crippen molar-refractivity contribution in [3.63, 3.8) is 0 Å². The van der Waals surface area contributed by atoms with E-state index in [0.29, 0.717) is 12.5 Å². The molecule has 0 bridgehead atoms. The number of likely N-dealkylation sites (N-methyl/N-ethyl adjacent to an activating group) is 1. The molecule has 4 N–H and O–H groups in total. The summed E-state index contributed by atoms with van der Waals surface area (Å²) < 4.78 is 1.06. The van der Waals surface area contributed by atoms with Crippen molar-refractivity contribution in [1.29, 1.82) is 0 Å². The molecule has 29 heavy (non-hydrogen) atoms. The van der Waals surface area contributed by atoms with Crippen molar-refractivity contribution in [3.05, 3.63) is 33.9 Å². The van der Waals surface area contributed by atoms with Crippen LogP contribution < -0.4 is 5.32 Å². The highest BCUT2D eigenvalue weighted by atomic mass is 79.9. The summed E-state index contributed by atoms with van der Waals surface area (Å²) in [5.41, 5.74) is 1.75. The standard InChI is InChI=1S/C23H32BrN3O2/c1-13-8-15(28)9-14-10-23(29)21(2,3)20-17(11-22(23,25-4)12-27(13)14)16-6-5-7-18(24)19(16)26-20/h5-7,13-15,25-26,28-29H,8-12H2,1-4H3/t13-,14+,15+,22+,23-/m0/s1. The third-order valence-electron chi connectivity index (χ3n) is 8.47. The van der Waals surface area contributed by atoms with Gasteiger partial charge in [0.2, 0.25) is 0 Å². The molecule has 1 aliphatic carbocycles. The summed E-state index contributed by atoms with van der Waals surface area (Å²) in [5.74, 6) is 0. The molecule has 3 heterocycles. The molecular weight excluding hydrogens is 430 g/mol. The predicted octanol–water partition coefficient (Wildman–Crippen LogP) is 3.07. The molecule has 6 heteroatoms. The Morgan fingerprint density at radius 3 is 2.76 bits per heavy atom. The Morgan fingerprint density at radius 2 is 2.03 bits per heavy atom. The molecule has 2 aliphatic heterocycles. The van der Waals surface area contributed by atoms with E-state index in [4.69, 9.17) is 0 Å². The van der Waals surface area contributed by atoms with E-state index >= 15 is 0 Å². The number of fused-ring (bicyclic) bond motifs is 5. The number of aliphatic hydroxyl groups is 2. The van der Waals surface area contributed by atoms with Gasteiger partial charge in [-0.25, -0.2) is 0 Å². The monoisotopic (exact) mass is 461 g/mol. The van der Waals surface area contributed by atoms with Crippen molar-refractivity contribution >= 4 is 26.8 Å². The number of aromatic amines is 1. The Morgan fingerprint density at radius 1 is 1.28 bits per heavy atom. The molecular formula is C23H32BrN3O2. The number of H-pyrrole nitrogens is 1. The van der Waals surface area contributed by atoms with E-state index in [-0.39, 0.29) is 12.1 Å². The van der Waals surface area contributed by atoms with Gasteiger partial charge in [-0.1, -0.05) is 26.0 Å². The van der Waals surface area contributed by atoms with E-state index in [2.05, 4.69) is 70.1 Å². The van der Waals surface area contributed by atoms with Crippen molar-refractivity contribution in [2.45, 2.75) is 81.2 Å². The van der Waals surface area contributed by atoms with E-state index in [1.807, 2.05) is 7.05 Å². The first kappa shape index (κ1) is 20.0. The van der Waals surface area contributed by atoms with Crippen LogP contribution in [-0.4, -0.2) is 63.0 Å². The lowest BCUT2D eigenvalue weighted by Gasteiger charge is -2.65. The summed E-state index contributed by atoms with van der Waals surface area (Å²) in [4.78, 5) is 6.20. The Bertz CT molecular complexity index is 972. The van der Waals surface area contributed by atoms with Crippen LogP contribution in [0.1, 0.15) is 51.3 Å². The van der Waals surface area contributed by atoms with E-state index in [1.54, 1.807) is 0 Å². The molecule has 2 aromatic rings. The minimum Gasteiger partial charge on any atom is -0.393 e. The minimum absolute atomic E-state index is 0.206. The molecule has 0 unspecified atom stereocenters. The maximum atomic E-state index is 12.4. The number of aliphatic hydroxyl groups excluding tert-OH is 1. The molecule has 0 radical (unpaired) electrons. The Balaban J connectivity index is 1.71. The molecule has 2 saturated heterocycles. The van der Waals surface area contributed by atoms with Crippen LogP contribution in [0.3, 0.4) is 0 Å². The fourth-order valence-electron chi connectivity index (χ4n) is 6.79. The van der Waals surface area contributed by atoms with Gasteiger partial charge in [-0.05, 0) is 67.2 Å². The first-order valence-electron chi connectivity index (χ1n) is 10.8. The van der Waals surface area contributed by atoms with Gasteiger partial charge < -0.3 is 20.5 Å². The summed E-state index contributed by atoms with van der Waals surface area (Å²) >= 11 is 3.70. The number of nitrogens with zero attached hydrogens (tertiary/aromatic N) is 1. The number of hydrogen-bond acceptors (Lipinski definition) is 4. The van der Waals surface area contributed by atoms with Crippen molar-refractivity contribution < 1.29 is 10.2 Å². The van der Waals surface area contributed by atoms with Crippen molar-refractivity contribution in [2.75, 3.05) is 13.6 Å². The molecule has 1 aromatic heterocycles.